The van der Waals surface area contributed by atoms with E-state index in [-0.39, 0.29) is 5.91 Å². The highest BCUT2D eigenvalue weighted by Crippen LogP contribution is 2.08. The number of carbonyl (C=O) groups excluding carboxylic acids is 1. The molecule has 0 radical (unpaired) electrons. The summed E-state index contributed by atoms with van der Waals surface area (Å²) in [7, 11) is 0. The Hall–Kier alpha value is -1.24. The van der Waals surface area contributed by atoms with Gasteiger partial charge in [-0.05, 0) is 17.7 Å². The zero-order valence-electron chi connectivity index (χ0n) is 10.6. The molecule has 2 rings (SSSR count). The number of benzene rings is 1. The third-order valence-corrected chi connectivity index (χ3v) is 3.41. The van der Waals surface area contributed by atoms with Crippen LogP contribution in [-0.2, 0) is 9.53 Å². The first-order valence-corrected chi connectivity index (χ1v) is 7.02. The summed E-state index contributed by atoms with van der Waals surface area (Å²) >= 11 is 3.36. The minimum absolute atomic E-state index is 0.0646. The van der Waals surface area contributed by atoms with Crippen molar-refractivity contribution in [3.05, 3.63) is 34.3 Å². The van der Waals surface area contributed by atoms with Crippen LogP contribution in [0.4, 0.5) is 0 Å². The quantitative estimate of drug-likeness (QED) is 0.595. The van der Waals surface area contributed by atoms with Crippen LogP contribution < -0.4 is 10.3 Å². The molecule has 0 spiro atoms. The van der Waals surface area contributed by atoms with Crippen LogP contribution >= 0.6 is 15.9 Å². The van der Waals surface area contributed by atoms with Gasteiger partial charge in [-0.15, -0.1) is 0 Å². The van der Waals surface area contributed by atoms with Crippen molar-refractivity contribution in [1.82, 2.24) is 5.43 Å². The van der Waals surface area contributed by atoms with Crippen LogP contribution in [0.15, 0.2) is 33.8 Å². The predicted molar refractivity (Wildman–Crippen MR) is 76.3 cm³/mol. The summed E-state index contributed by atoms with van der Waals surface area (Å²) in [5.74, 6) is -0.0646. The number of hydrogen-bond donors (Lipinski definition) is 2. The normalized spacial score (nSPS) is 16.7. The van der Waals surface area contributed by atoms with E-state index in [2.05, 4.69) is 26.5 Å². The summed E-state index contributed by atoms with van der Waals surface area (Å²) in [4.78, 5) is 12.9. The first-order valence-electron chi connectivity index (χ1n) is 6.23. The topological polar surface area (TPSA) is 55.1 Å². The Bertz CT molecular complexity index is 442. The van der Waals surface area contributed by atoms with E-state index < -0.39 is 0 Å². The number of morpholine rings is 1. The standard InChI is InChI=1S/C13H16BrN3O2/c14-12-3-1-11(2-4-12)9-15-16-13(18)10-17-5-7-19-8-6-17/h1-4,9H,5-8,10H2,(H,16,18)/p+1. The van der Waals surface area contributed by atoms with Crippen molar-refractivity contribution in [2.75, 3.05) is 32.8 Å². The molecule has 1 aromatic carbocycles. The van der Waals surface area contributed by atoms with Gasteiger partial charge in [0, 0.05) is 4.47 Å². The second-order valence-electron chi connectivity index (χ2n) is 4.38. The average Bonchev–Trinajstić information content (AvgIpc) is 2.42. The first kappa shape index (κ1) is 14.2. The monoisotopic (exact) mass is 326 g/mol. The zero-order chi connectivity index (χ0) is 13.5. The Kier molecular flexibility index (Phi) is 5.50. The number of carbonyl (C=O) groups is 1. The van der Waals surface area contributed by atoms with Crippen molar-refractivity contribution in [2.45, 2.75) is 0 Å². The molecule has 0 bridgehead atoms. The minimum atomic E-state index is -0.0646. The fourth-order valence-electron chi connectivity index (χ4n) is 1.83. The molecule has 5 nitrogen and oxygen atoms in total. The van der Waals surface area contributed by atoms with Gasteiger partial charge in [0.1, 0.15) is 13.1 Å². The maximum Gasteiger partial charge on any atom is 0.295 e. The van der Waals surface area contributed by atoms with E-state index in [9.17, 15) is 4.79 Å². The van der Waals surface area contributed by atoms with E-state index in [1.807, 2.05) is 24.3 Å². The highest BCUT2D eigenvalue weighted by Gasteiger charge is 2.16. The van der Waals surface area contributed by atoms with Gasteiger partial charge in [0.25, 0.3) is 5.91 Å². The third kappa shape index (κ3) is 5.10. The smallest absolute Gasteiger partial charge is 0.295 e. The molecule has 0 aliphatic carbocycles. The van der Waals surface area contributed by atoms with Crippen molar-refractivity contribution < 1.29 is 14.4 Å². The molecule has 0 saturated carbocycles. The summed E-state index contributed by atoms with van der Waals surface area (Å²) in [6.45, 7) is 3.66. The lowest BCUT2D eigenvalue weighted by molar-refractivity contribution is -0.900. The highest BCUT2D eigenvalue weighted by molar-refractivity contribution is 9.10. The van der Waals surface area contributed by atoms with Gasteiger partial charge in [0.15, 0.2) is 6.54 Å². The highest BCUT2D eigenvalue weighted by atomic mass is 79.9. The van der Waals surface area contributed by atoms with Crippen LogP contribution in [0.5, 0.6) is 0 Å². The molecule has 6 heteroatoms. The van der Waals surface area contributed by atoms with E-state index in [1.165, 1.54) is 4.90 Å². The lowest BCUT2D eigenvalue weighted by Crippen LogP contribution is -3.15. The van der Waals surface area contributed by atoms with Crippen molar-refractivity contribution in [3.8, 4) is 0 Å². The number of hydrazone groups is 1. The molecule has 1 aliphatic heterocycles. The molecule has 1 heterocycles. The fourth-order valence-corrected chi connectivity index (χ4v) is 2.10. The number of rotatable bonds is 4. The third-order valence-electron chi connectivity index (χ3n) is 2.88. The lowest BCUT2D eigenvalue weighted by atomic mass is 10.2. The van der Waals surface area contributed by atoms with Crippen LogP contribution in [0.2, 0.25) is 0 Å². The van der Waals surface area contributed by atoms with E-state index in [1.54, 1.807) is 6.21 Å². The van der Waals surface area contributed by atoms with Crippen LogP contribution in [0, 0.1) is 0 Å². The molecule has 1 fully saturated rings. The number of quaternary nitrogens is 1. The molecular formula is C13H17BrN3O2+. The predicted octanol–water partition coefficient (Wildman–Crippen LogP) is -0.186. The molecule has 1 aliphatic rings. The number of hydrogen-bond acceptors (Lipinski definition) is 3. The molecular weight excluding hydrogens is 310 g/mol. The maximum absolute atomic E-state index is 11.7. The van der Waals surface area contributed by atoms with Crippen molar-refractivity contribution in [1.29, 1.82) is 0 Å². The van der Waals surface area contributed by atoms with Crippen molar-refractivity contribution in [2.24, 2.45) is 5.10 Å². The SMILES string of the molecule is O=C(C[NH+]1CCOCC1)NN=Cc1ccc(Br)cc1. The minimum Gasteiger partial charge on any atom is -0.370 e. The molecule has 1 saturated heterocycles. The Morgan fingerprint density at radius 3 is 2.74 bits per heavy atom. The number of nitrogens with zero attached hydrogens (tertiary/aromatic N) is 1. The average molecular weight is 327 g/mol. The second kappa shape index (κ2) is 7.37. The Morgan fingerprint density at radius 1 is 1.37 bits per heavy atom. The molecule has 0 aromatic heterocycles. The number of ether oxygens (including phenoxy) is 1. The van der Waals surface area contributed by atoms with Gasteiger partial charge >= 0.3 is 0 Å². The Balaban J connectivity index is 1.74. The van der Waals surface area contributed by atoms with Gasteiger partial charge in [-0.3, -0.25) is 4.79 Å². The van der Waals surface area contributed by atoms with Crippen LogP contribution in [0.3, 0.4) is 0 Å². The van der Waals surface area contributed by atoms with Gasteiger partial charge in [-0.25, -0.2) is 5.43 Å². The van der Waals surface area contributed by atoms with E-state index >= 15 is 0 Å². The number of nitrogens with one attached hydrogen (secondary N) is 2. The fraction of sp³-hybridized carbons (Fsp3) is 0.385. The van der Waals surface area contributed by atoms with E-state index in [4.69, 9.17) is 4.74 Å². The van der Waals surface area contributed by atoms with Gasteiger partial charge in [-0.1, -0.05) is 28.1 Å². The van der Waals surface area contributed by atoms with Gasteiger partial charge < -0.3 is 9.64 Å². The van der Waals surface area contributed by atoms with Gasteiger partial charge in [0.05, 0.1) is 19.4 Å². The summed E-state index contributed by atoms with van der Waals surface area (Å²) in [6, 6.07) is 7.71. The van der Waals surface area contributed by atoms with E-state index in [0.29, 0.717) is 6.54 Å². The molecule has 0 unspecified atom stereocenters. The summed E-state index contributed by atoms with van der Waals surface area (Å²) in [5, 5.41) is 3.95. The van der Waals surface area contributed by atoms with Gasteiger partial charge in [-0.2, -0.15) is 5.10 Å². The number of amides is 1. The summed E-state index contributed by atoms with van der Waals surface area (Å²) in [6.07, 6.45) is 1.64. The molecule has 102 valence electrons. The van der Waals surface area contributed by atoms with Crippen molar-refractivity contribution in [3.63, 3.8) is 0 Å². The van der Waals surface area contributed by atoms with Crippen LogP contribution in [0.1, 0.15) is 5.56 Å². The number of halogens is 1. The van der Waals surface area contributed by atoms with Crippen LogP contribution in [-0.4, -0.2) is 45.0 Å². The first-order chi connectivity index (χ1) is 9.24. The Labute approximate surface area is 120 Å². The second-order valence-corrected chi connectivity index (χ2v) is 5.30. The molecule has 0 atom stereocenters. The molecule has 1 amide bonds. The molecule has 1 aromatic rings. The van der Waals surface area contributed by atoms with Crippen molar-refractivity contribution >= 4 is 28.1 Å². The summed E-state index contributed by atoms with van der Waals surface area (Å²) < 4.78 is 6.26. The molecule has 19 heavy (non-hydrogen) atoms. The van der Waals surface area contributed by atoms with Gasteiger partial charge in [0.2, 0.25) is 0 Å². The summed E-state index contributed by atoms with van der Waals surface area (Å²) in [5.41, 5.74) is 3.50. The van der Waals surface area contributed by atoms with E-state index in [0.717, 1.165) is 36.3 Å². The lowest BCUT2D eigenvalue weighted by Gasteiger charge is -2.22. The zero-order valence-corrected chi connectivity index (χ0v) is 12.1. The Morgan fingerprint density at radius 2 is 2.05 bits per heavy atom. The molecule has 2 N–H and O–H groups in total. The largest absolute Gasteiger partial charge is 0.370 e. The maximum atomic E-state index is 11.7. The van der Waals surface area contributed by atoms with Crippen LogP contribution in [0.25, 0.3) is 0 Å².